The summed E-state index contributed by atoms with van der Waals surface area (Å²) in [5.74, 6) is 1.86. The van der Waals surface area contributed by atoms with Crippen LogP contribution in [0.25, 0.3) is 0 Å². The number of thioether (sulfide) groups is 1. The van der Waals surface area contributed by atoms with Gasteiger partial charge in [0.05, 0.1) is 6.33 Å². The molecular weight excluding hydrogens is 330 g/mol. The van der Waals surface area contributed by atoms with Crippen LogP contribution in [0.5, 0.6) is 0 Å². The molecule has 0 saturated carbocycles. The van der Waals surface area contributed by atoms with Crippen molar-refractivity contribution in [2.24, 2.45) is 0 Å². The number of benzene rings is 2. The van der Waals surface area contributed by atoms with Gasteiger partial charge >= 0.3 is 0 Å². The molecule has 1 amide bonds. The Morgan fingerprint density at radius 3 is 2.56 bits per heavy atom. The van der Waals surface area contributed by atoms with Gasteiger partial charge in [0.2, 0.25) is 0 Å². The molecule has 0 bridgehead atoms. The van der Waals surface area contributed by atoms with E-state index in [9.17, 15) is 4.79 Å². The molecule has 3 aromatic rings. The zero-order valence-electron chi connectivity index (χ0n) is 14.0. The van der Waals surface area contributed by atoms with Crippen molar-refractivity contribution in [1.29, 1.82) is 0 Å². The van der Waals surface area contributed by atoms with Crippen LogP contribution in [0.2, 0.25) is 0 Å². The van der Waals surface area contributed by atoms with E-state index in [0.29, 0.717) is 12.1 Å². The smallest absolute Gasteiger partial charge is 0.251 e. The molecule has 0 fully saturated rings. The number of nitrogens with zero attached hydrogens (tertiary/aromatic N) is 2. The summed E-state index contributed by atoms with van der Waals surface area (Å²) in [5.41, 5.74) is 3.16. The molecule has 3 rings (SSSR count). The second-order valence-electron chi connectivity index (χ2n) is 5.73. The summed E-state index contributed by atoms with van der Waals surface area (Å²) in [6, 6.07) is 18.1. The molecule has 0 atom stereocenters. The number of carbonyl (C=O) groups is 1. The Bertz CT molecular complexity index is 770. The summed E-state index contributed by atoms with van der Waals surface area (Å²) >= 11 is 1.82. The van der Waals surface area contributed by atoms with E-state index >= 15 is 0 Å². The van der Waals surface area contributed by atoms with Crippen LogP contribution in [-0.2, 0) is 12.3 Å². The van der Waals surface area contributed by atoms with Gasteiger partial charge in [0.15, 0.2) is 0 Å². The third-order valence-electron chi connectivity index (χ3n) is 3.78. The highest BCUT2D eigenvalue weighted by Gasteiger charge is 2.05. The first-order chi connectivity index (χ1) is 12.3. The Labute approximate surface area is 152 Å². The number of aromatic nitrogens is 2. The van der Waals surface area contributed by atoms with Gasteiger partial charge in [-0.3, -0.25) is 4.79 Å². The van der Waals surface area contributed by atoms with Gasteiger partial charge in [-0.05, 0) is 23.3 Å². The minimum absolute atomic E-state index is 0.0190. The summed E-state index contributed by atoms with van der Waals surface area (Å²) < 4.78 is 2.00. The van der Waals surface area contributed by atoms with Gasteiger partial charge in [-0.2, -0.15) is 11.8 Å². The molecule has 0 aliphatic heterocycles. The molecule has 25 heavy (non-hydrogen) atoms. The van der Waals surface area contributed by atoms with Crippen molar-refractivity contribution >= 4 is 17.7 Å². The van der Waals surface area contributed by atoms with Crippen LogP contribution < -0.4 is 5.32 Å². The first-order valence-corrected chi connectivity index (χ1v) is 9.41. The number of rotatable bonds is 8. The predicted octanol–water partition coefficient (Wildman–Crippen LogP) is 3.59. The molecule has 0 aliphatic carbocycles. The third-order valence-corrected chi connectivity index (χ3v) is 4.81. The standard InChI is InChI=1S/C20H21N3OS/c24-20(22-11-13-25-15-18-4-2-1-3-5-18)19-8-6-17(7-9-19)14-23-12-10-21-16-23/h1-10,12,16H,11,13-15H2,(H,22,24). The SMILES string of the molecule is O=C(NCCSCc1ccccc1)c1ccc(Cn2ccnc2)cc1. The van der Waals surface area contributed by atoms with E-state index in [1.54, 1.807) is 12.5 Å². The molecule has 1 heterocycles. The Balaban J connectivity index is 1.39. The zero-order chi connectivity index (χ0) is 17.3. The van der Waals surface area contributed by atoms with E-state index in [1.165, 1.54) is 5.56 Å². The summed E-state index contributed by atoms with van der Waals surface area (Å²) in [6.07, 6.45) is 5.47. The fourth-order valence-corrected chi connectivity index (χ4v) is 3.27. The molecule has 1 N–H and O–H groups in total. The molecule has 5 heteroatoms. The van der Waals surface area contributed by atoms with Crippen LogP contribution in [0, 0.1) is 0 Å². The van der Waals surface area contributed by atoms with Crippen LogP contribution in [0.15, 0.2) is 73.3 Å². The summed E-state index contributed by atoms with van der Waals surface area (Å²) in [5, 5.41) is 2.98. The average Bonchev–Trinajstić information content (AvgIpc) is 3.16. The first kappa shape index (κ1) is 17.3. The molecule has 1 aromatic heterocycles. The maximum absolute atomic E-state index is 12.2. The van der Waals surface area contributed by atoms with Gasteiger partial charge < -0.3 is 9.88 Å². The number of hydrogen-bond acceptors (Lipinski definition) is 3. The van der Waals surface area contributed by atoms with E-state index < -0.39 is 0 Å². The summed E-state index contributed by atoms with van der Waals surface area (Å²) in [4.78, 5) is 16.2. The monoisotopic (exact) mass is 351 g/mol. The maximum atomic E-state index is 12.2. The zero-order valence-corrected chi connectivity index (χ0v) is 14.8. The number of imidazole rings is 1. The van der Waals surface area contributed by atoms with Crippen molar-refractivity contribution in [3.05, 3.63) is 90.0 Å². The Morgan fingerprint density at radius 1 is 1.04 bits per heavy atom. The lowest BCUT2D eigenvalue weighted by Gasteiger charge is -2.07. The Kier molecular flexibility index (Phi) is 6.29. The van der Waals surface area contributed by atoms with Gasteiger partial charge in [0, 0.05) is 42.6 Å². The van der Waals surface area contributed by atoms with Gasteiger partial charge in [-0.15, -0.1) is 0 Å². The van der Waals surface area contributed by atoms with Crippen LogP contribution in [-0.4, -0.2) is 27.8 Å². The minimum atomic E-state index is -0.0190. The van der Waals surface area contributed by atoms with Crippen LogP contribution in [0.1, 0.15) is 21.5 Å². The van der Waals surface area contributed by atoms with E-state index in [-0.39, 0.29) is 5.91 Å². The minimum Gasteiger partial charge on any atom is -0.351 e. The molecule has 0 saturated heterocycles. The van der Waals surface area contributed by atoms with Gasteiger partial charge in [-0.25, -0.2) is 4.98 Å². The second-order valence-corrected chi connectivity index (χ2v) is 6.83. The fourth-order valence-electron chi connectivity index (χ4n) is 2.46. The van der Waals surface area contributed by atoms with Crippen molar-refractivity contribution in [1.82, 2.24) is 14.9 Å². The maximum Gasteiger partial charge on any atom is 0.251 e. The number of nitrogens with one attached hydrogen (secondary N) is 1. The van der Waals surface area contributed by atoms with Crippen LogP contribution in [0.4, 0.5) is 0 Å². The summed E-state index contributed by atoms with van der Waals surface area (Å²) in [6.45, 7) is 1.44. The highest BCUT2D eigenvalue weighted by molar-refractivity contribution is 7.98. The van der Waals surface area contributed by atoms with Gasteiger partial charge in [0.1, 0.15) is 0 Å². The normalized spacial score (nSPS) is 10.6. The van der Waals surface area contributed by atoms with Crippen LogP contribution in [0.3, 0.4) is 0 Å². The fraction of sp³-hybridized carbons (Fsp3) is 0.200. The molecule has 0 aliphatic rings. The first-order valence-electron chi connectivity index (χ1n) is 8.26. The Hall–Kier alpha value is -2.53. The average molecular weight is 351 g/mol. The molecule has 128 valence electrons. The molecule has 0 radical (unpaired) electrons. The van der Waals surface area contributed by atoms with Crippen molar-refractivity contribution in [3.8, 4) is 0 Å². The topological polar surface area (TPSA) is 46.9 Å². The molecular formula is C20H21N3OS. The van der Waals surface area contributed by atoms with Crippen molar-refractivity contribution in [3.63, 3.8) is 0 Å². The molecule has 0 spiro atoms. The quantitative estimate of drug-likeness (QED) is 0.631. The van der Waals surface area contributed by atoms with E-state index in [0.717, 1.165) is 23.6 Å². The van der Waals surface area contributed by atoms with Crippen LogP contribution >= 0.6 is 11.8 Å². The largest absolute Gasteiger partial charge is 0.351 e. The summed E-state index contributed by atoms with van der Waals surface area (Å²) in [7, 11) is 0. The van der Waals surface area contributed by atoms with E-state index in [1.807, 2.05) is 65.0 Å². The number of hydrogen-bond donors (Lipinski definition) is 1. The molecule has 0 unspecified atom stereocenters. The number of amides is 1. The van der Waals surface area contributed by atoms with Crippen molar-refractivity contribution < 1.29 is 4.79 Å². The van der Waals surface area contributed by atoms with E-state index in [2.05, 4.69) is 22.4 Å². The van der Waals surface area contributed by atoms with Gasteiger partial charge in [0.25, 0.3) is 5.91 Å². The van der Waals surface area contributed by atoms with E-state index in [4.69, 9.17) is 0 Å². The molecule has 2 aromatic carbocycles. The highest BCUT2D eigenvalue weighted by atomic mass is 32.2. The lowest BCUT2D eigenvalue weighted by molar-refractivity contribution is 0.0956. The van der Waals surface area contributed by atoms with Crippen molar-refractivity contribution in [2.45, 2.75) is 12.3 Å². The third kappa shape index (κ3) is 5.50. The number of carbonyl (C=O) groups excluding carboxylic acids is 1. The lowest BCUT2D eigenvalue weighted by atomic mass is 10.1. The lowest BCUT2D eigenvalue weighted by Crippen LogP contribution is -2.25. The highest BCUT2D eigenvalue weighted by Crippen LogP contribution is 2.11. The molecule has 4 nitrogen and oxygen atoms in total. The van der Waals surface area contributed by atoms with Gasteiger partial charge in [-0.1, -0.05) is 42.5 Å². The Morgan fingerprint density at radius 2 is 1.84 bits per heavy atom. The van der Waals surface area contributed by atoms with Crippen molar-refractivity contribution in [2.75, 3.05) is 12.3 Å². The second kappa shape index (κ2) is 9.08. The predicted molar refractivity (Wildman–Crippen MR) is 103 cm³/mol.